The van der Waals surface area contributed by atoms with E-state index >= 15 is 0 Å². The van der Waals surface area contributed by atoms with E-state index in [1.165, 1.54) is 16.8 Å². The Hall–Kier alpha value is -3.68. The van der Waals surface area contributed by atoms with Crippen LogP contribution in [0.15, 0.2) is 41.7 Å². The van der Waals surface area contributed by atoms with Gasteiger partial charge in [-0.05, 0) is 52.9 Å². The van der Waals surface area contributed by atoms with Crippen molar-refractivity contribution in [1.82, 2.24) is 9.47 Å². The van der Waals surface area contributed by atoms with E-state index in [4.69, 9.17) is 4.74 Å². The molecule has 0 aliphatic carbocycles. The largest absolute Gasteiger partial charge is 0.457 e. The van der Waals surface area contributed by atoms with E-state index in [0.29, 0.717) is 15.9 Å². The maximum atomic E-state index is 12.8. The molecule has 35 heavy (non-hydrogen) atoms. The van der Waals surface area contributed by atoms with Crippen LogP contribution in [0.4, 0.5) is 11.4 Å². The van der Waals surface area contributed by atoms with E-state index in [2.05, 4.69) is 17.2 Å². The van der Waals surface area contributed by atoms with Gasteiger partial charge in [-0.2, -0.15) is 5.26 Å². The fraction of sp³-hybridized carbons (Fsp3) is 0.360. The molecule has 1 amide bonds. The number of hydrogen-bond acceptors (Lipinski definition) is 8. The summed E-state index contributed by atoms with van der Waals surface area (Å²) in [6, 6.07) is 8.94. The number of amides is 1. The van der Waals surface area contributed by atoms with Crippen molar-refractivity contribution in [1.29, 1.82) is 5.26 Å². The third kappa shape index (κ3) is 7.40. The Kier molecular flexibility index (Phi) is 9.57. The van der Waals surface area contributed by atoms with Gasteiger partial charge in [0.15, 0.2) is 5.57 Å². The Morgan fingerprint density at radius 3 is 2.60 bits per heavy atom. The predicted molar refractivity (Wildman–Crippen MR) is 139 cm³/mol. The minimum Gasteiger partial charge on any atom is -0.457 e. The Morgan fingerprint density at radius 2 is 2.00 bits per heavy atom. The number of rotatable bonds is 9. The number of likely N-dealkylation sites (N-methyl/N-ethyl adjacent to an activating group) is 1. The SMILES string of the molecule is C=CCOC(=O)C(C#N)=c1sc(=CNc2cccc(NC(=O)CN(C)C(C)(C)C)c2)c(=O)n1CC. The second-order valence-corrected chi connectivity index (χ2v) is 9.67. The zero-order chi connectivity index (χ0) is 26.2. The van der Waals surface area contributed by atoms with Gasteiger partial charge in [-0.3, -0.25) is 19.1 Å². The summed E-state index contributed by atoms with van der Waals surface area (Å²) in [5.74, 6) is -0.948. The van der Waals surface area contributed by atoms with E-state index in [1.54, 1.807) is 31.2 Å². The van der Waals surface area contributed by atoms with Crippen LogP contribution >= 0.6 is 11.3 Å². The van der Waals surface area contributed by atoms with E-state index in [1.807, 2.05) is 38.8 Å². The molecule has 0 unspecified atom stereocenters. The van der Waals surface area contributed by atoms with Crippen LogP contribution in [-0.2, 0) is 20.9 Å². The Labute approximate surface area is 208 Å². The van der Waals surface area contributed by atoms with E-state index in [0.717, 1.165) is 11.3 Å². The van der Waals surface area contributed by atoms with Crippen LogP contribution in [0.5, 0.6) is 0 Å². The minimum atomic E-state index is -0.809. The first kappa shape index (κ1) is 27.6. The lowest BCUT2D eigenvalue weighted by Crippen LogP contribution is -2.42. The molecule has 186 valence electrons. The van der Waals surface area contributed by atoms with Crippen molar-refractivity contribution in [2.75, 3.05) is 30.8 Å². The molecule has 2 rings (SSSR count). The molecule has 0 saturated heterocycles. The highest BCUT2D eigenvalue weighted by Crippen LogP contribution is 2.16. The van der Waals surface area contributed by atoms with Crippen LogP contribution in [0, 0.1) is 11.3 Å². The summed E-state index contributed by atoms with van der Waals surface area (Å²) >= 11 is 1.02. The van der Waals surface area contributed by atoms with Gasteiger partial charge in [0.2, 0.25) is 5.91 Å². The Balaban J connectivity index is 2.31. The number of nitriles is 1. The normalized spacial score (nSPS) is 12.7. The van der Waals surface area contributed by atoms with Gasteiger partial charge in [-0.1, -0.05) is 18.7 Å². The van der Waals surface area contributed by atoms with Gasteiger partial charge < -0.3 is 15.4 Å². The first-order valence-electron chi connectivity index (χ1n) is 11.0. The van der Waals surface area contributed by atoms with Crippen LogP contribution in [-0.4, -0.2) is 47.1 Å². The van der Waals surface area contributed by atoms with Gasteiger partial charge in [0, 0.05) is 29.7 Å². The monoisotopic (exact) mass is 497 g/mol. The summed E-state index contributed by atoms with van der Waals surface area (Å²) < 4.78 is 6.87. The van der Waals surface area contributed by atoms with Gasteiger partial charge >= 0.3 is 5.97 Å². The lowest BCUT2D eigenvalue weighted by atomic mass is 10.1. The molecular weight excluding hydrogens is 466 g/mol. The third-order valence-corrected chi connectivity index (χ3v) is 6.26. The molecule has 9 nitrogen and oxygen atoms in total. The smallest absolute Gasteiger partial charge is 0.352 e. The summed E-state index contributed by atoms with van der Waals surface area (Å²) in [4.78, 5) is 39.4. The summed E-state index contributed by atoms with van der Waals surface area (Å²) in [5.41, 5.74) is 0.559. The molecule has 1 heterocycles. The van der Waals surface area contributed by atoms with Crippen LogP contribution < -0.4 is 25.4 Å². The predicted octanol–water partition coefficient (Wildman–Crippen LogP) is 1.85. The molecule has 0 spiro atoms. The van der Waals surface area contributed by atoms with E-state index in [9.17, 15) is 19.6 Å². The summed E-state index contributed by atoms with van der Waals surface area (Å²) in [6.45, 7) is 11.8. The van der Waals surface area contributed by atoms with Gasteiger partial charge in [-0.15, -0.1) is 11.3 Å². The van der Waals surface area contributed by atoms with Crippen LogP contribution in [0.1, 0.15) is 27.7 Å². The van der Waals surface area contributed by atoms with Crippen LogP contribution in [0.25, 0.3) is 11.8 Å². The second-order valence-electron chi connectivity index (χ2n) is 8.64. The van der Waals surface area contributed by atoms with Gasteiger partial charge in [0.1, 0.15) is 21.9 Å². The first-order valence-corrected chi connectivity index (χ1v) is 11.8. The van der Waals surface area contributed by atoms with Crippen molar-refractivity contribution >= 4 is 46.4 Å². The van der Waals surface area contributed by atoms with Crippen molar-refractivity contribution in [2.45, 2.75) is 39.8 Å². The zero-order valence-corrected chi connectivity index (χ0v) is 21.5. The molecule has 0 bridgehead atoms. The molecule has 2 aromatic rings. The molecule has 0 aliphatic heterocycles. The molecule has 0 aliphatic rings. The average Bonchev–Trinajstić information content (AvgIpc) is 3.11. The number of thiazole rings is 1. The van der Waals surface area contributed by atoms with Gasteiger partial charge in [0.05, 0.1) is 6.54 Å². The molecular formula is C25H31N5O4S. The average molecular weight is 498 g/mol. The lowest BCUT2D eigenvalue weighted by Gasteiger charge is -2.31. The highest BCUT2D eigenvalue weighted by molar-refractivity contribution is 7.07. The standard InChI is InChI=1S/C25H31N5O4S/c1-7-12-34-24(33)19(14-26)23-30(8-2)22(32)20(35-23)15-27-17-10-9-11-18(13-17)28-21(31)16-29(6)25(3,4)5/h7,9-11,13,15,27H,1,8,12,16H2,2-6H3,(H,28,31). The number of esters is 1. The maximum absolute atomic E-state index is 12.8. The molecule has 10 heteroatoms. The fourth-order valence-electron chi connectivity index (χ4n) is 2.87. The second kappa shape index (κ2) is 12.1. The molecule has 1 aromatic carbocycles. The Bertz CT molecular complexity index is 1310. The van der Waals surface area contributed by atoms with E-state index in [-0.39, 0.29) is 46.9 Å². The number of carbonyl (C=O) groups excluding carboxylic acids is 2. The molecule has 0 fully saturated rings. The topological polar surface area (TPSA) is 116 Å². The van der Waals surface area contributed by atoms with Gasteiger partial charge in [0.25, 0.3) is 5.56 Å². The molecule has 0 atom stereocenters. The highest BCUT2D eigenvalue weighted by Gasteiger charge is 2.19. The summed E-state index contributed by atoms with van der Waals surface area (Å²) in [7, 11) is 1.89. The number of aromatic nitrogens is 1. The Morgan fingerprint density at radius 1 is 1.31 bits per heavy atom. The first-order chi connectivity index (χ1) is 16.5. The quantitative estimate of drug-likeness (QED) is 0.401. The third-order valence-electron chi connectivity index (χ3n) is 5.13. The molecule has 2 N–H and O–H groups in total. The minimum absolute atomic E-state index is 0.0361. The van der Waals surface area contributed by atoms with Crippen LogP contribution in [0.3, 0.4) is 0 Å². The number of hydrogen-bond donors (Lipinski definition) is 2. The van der Waals surface area contributed by atoms with Gasteiger partial charge in [-0.25, -0.2) is 4.79 Å². The number of nitrogens with zero attached hydrogens (tertiary/aromatic N) is 3. The number of ether oxygens (including phenoxy) is 1. The molecule has 0 saturated carbocycles. The molecule has 0 radical (unpaired) electrons. The highest BCUT2D eigenvalue weighted by atomic mass is 32.1. The summed E-state index contributed by atoms with van der Waals surface area (Å²) in [6.07, 6.45) is 2.91. The van der Waals surface area contributed by atoms with Crippen molar-refractivity contribution in [3.63, 3.8) is 0 Å². The fourth-order valence-corrected chi connectivity index (χ4v) is 3.95. The lowest BCUT2D eigenvalue weighted by molar-refractivity contribution is -0.135. The number of carbonyl (C=O) groups is 2. The maximum Gasteiger partial charge on any atom is 0.352 e. The van der Waals surface area contributed by atoms with Crippen LogP contribution in [0.2, 0.25) is 0 Å². The van der Waals surface area contributed by atoms with Crippen molar-refractivity contribution in [3.05, 3.63) is 56.5 Å². The van der Waals surface area contributed by atoms with Crippen molar-refractivity contribution in [3.8, 4) is 6.07 Å². The number of nitrogens with one attached hydrogen (secondary N) is 2. The molecule has 1 aromatic heterocycles. The van der Waals surface area contributed by atoms with Crippen molar-refractivity contribution < 1.29 is 14.3 Å². The number of benzene rings is 1. The zero-order valence-electron chi connectivity index (χ0n) is 20.7. The summed E-state index contributed by atoms with van der Waals surface area (Å²) in [5, 5.41) is 15.4. The van der Waals surface area contributed by atoms with Crippen molar-refractivity contribution in [2.24, 2.45) is 0 Å². The van der Waals surface area contributed by atoms with E-state index < -0.39 is 5.97 Å². The number of anilines is 2.